The minimum absolute atomic E-state index is 0.191. The van der Waals surface area contributed by atoms with Gasteiger partial charge in [0, 0.05) is 10.4 Å². The summed E-state index contributed by atoms with van der Waals surface area (Å²) in [6, 6.07) is 7.72. The predicted octanol–water partition coefficient (Wildman–Crippen LogP) is 5.34. The summed E-state index contributed by atoms with van der Waals surface area (Å²) in [4.78, 5) is 8.59. The first-order chi connectivity index (χ1) is 8.49. The number of aromatic nitrogens is 2. The Morgan fingerprint density at radius 2 is 1.72 bits per heavy atom. The van der Waals surface area contributed by atoms with Crippen LogP contribution in [0.4, 0.5) is 0 Å². The van der Waals surface area contributed by atoms with Gasteiger partial charge in [-0.1, -0.05) is 65.1 Å². The van der Waals surface area contributed by atoms with Crippen LogP contribution in [0.2, 0.25) is 10.3 Å². The Labute approximate surface area is 124 Å². The normalized spacial score (nSPS) is 11.0. The molecular weight excluding hydrogens is 335 g/mol. The average molecular weight is 346 g/mol. The van der Waals surface area contributed by atoms with Crippen LogP contribution in [-0.2, 0) is 0 Å². The smallest absolute Gasteiger partial charge is 0.142 e. The molecule has 0 aliphatic rings. The standard InChI is InChI=1S/C13H11BrCl2N2/c1-7(2)13-17-11(15)10(12(16)18-13)8-4-3-5-9(14)6-8/h3-7H,1-2H3. The first-order valence-electron chi connectivity index (χ1n) is 5.48. The lowest BCUT2D eigenvalue weighted by Gasteiger charge is -2.10. The van der Waals surface area contributed by atoms with Gasteiger partial charge in [0.2, 0.25) is 0 Å². The first-order valence-corrected chi connectivity index (χ1v) is 7.03. The van der Waals surface area contributed by atoms with Gasteiger partial charge in [-0.15, -0.1) is 0 Å². The number of hydrogen-bond acceptors (Lipinski definition) is 2. The Bertz CT molecular complexity index is 562. The molecule has 2 nitrogen and oxygen atoms in total. The fourth-order valence-corrected chi connectivity index (χ4v) is 2.58. The molecule has 0 atom stereocenters. The lowest BCUT2D eigenvalue weighted by molar-refractivity contribution is 0.775. The lowest BCUT2D eigenvalue weighted by atomic mass is 10.1. The number of hydrogen-bond donors (Lipinski definition) is 0. The highest BCUT2D eigenvalue weighted by molar-refractivity contribution is 9.10. The topological polar surface area (TPSA) is 25.8 Å². The number of nitrogens with zero attached hydrogens (tertiary/aromatic N) is 2. The molecule has 0 aliphatic carbocycles. The molecule has 0 N–H and O–H groups in total. The molecule has 2 rings (SSSR count). The van der Waals surface area contributed by atoms with E-state index in [-0.39, 0.29) is 5.92 Å². The third kappa shape index (κ3) is 2.85. The SMILES string of the molecule is CC(C)c1nc(Cl)c(-c2cccc(Br)c2)c(Cl)n1. The van der Waals surface area contributed by atoms with Crippen molar-refractivity contribution in [1.82, 2.24) is 9.97 Å². The minimum Gasteiger partial charge on any atom is -0.220 e. The maximum atomic E-state index is 6.21. The van der Waals surface area contributed by atoms with Gasteiger partial charge in [-0.25, -0.2) is 9.97 Å². The van der Waals surface area contributed by atoms with E-state index >= 15 is 0 Å². The minimum atomic E-state index is 0.191. The molecule has 0 bridgehead atoms. The summed E-state index contributed by atoms with van der Waals surface area (Å²) in [5.74, 6) is 0.848. The summed E-state index contributed by atoms with van der Waals surface area (Å²) >= 11 is 15.8. The fourth-order valence-electron chi connectivity index (χ4n) is 1.56. The zero-order chi connectivity index (χ0) is 13.3. The molecule has 0 saturated heterocycles. The molecule has 0 amide bonds. The lowest BCUT2D eigenvalue weighted by Crippen LogP contribution is -2.00. The van der Waals surface area contributed by atoms with Crippen molar-refractivity contribution in [2.75, 3.05) is 0 Å². The molecule has 5 heteroatoms. The predicted molar refractivity (Wildman–Crippen MR) is 79.3 cm³/mol. The van der Waals surface area contributed by atoms with Crippen molar-refractivity contribution in [2.24, 2.45) is 0 Å². The highest BCUT2D eigenvalue weighted by atomic mass is 79.9. The van der Waals surface area contributed by atoms with E-state index in [4.69, 9.17) is 23.2 Å². The van der Waals surface area contributed by atoms with Gasteiger partial charge in [0.1, 0.15) is 16.1 Å². The van der Waals surface area contributed by atoms with E-state index in [1.807, 2.05) is 38.1 Å². The van der Waals surface area contributed by atoms with E-state index in [1.54, 1.807) is 0 Å². The highest BCUT2D eigenvalue weighted by Crippen LogP contribution is 2.34. The molecule has 0 spiro atoms. The van der Waals surface area contributed by atoms with Crippen molar-refractivity contribution in [3.63, 3.8) is 0 Å². The third-order valence-electron chi connectivity index (χ3n) is 2.47. The summed E-state index contributed by atoms with van der Waals surface area (Å²) in [6.07, 6.45) is 0. The van der Waals surface area contributed by atoms with Gasteiger partial charge in [-0.2, -0.15) is 0 Å². The maximum Gasteiger partial charge on any atom is 0.142 e. The Hall–Kier alpha value is -0.640. The van der Waals surface area contributed by atoms with Crippen molar-refractivity contribution in [3.8, 4) is 11.1 Å². The summed E-state index contributed by atoms with van der Waals surface area (Å²) < 4.78 is 0.958. The number of benzene rings is 1. The van der Waals surface area contributed by atoms with Crippen molar-refractivity contribution in [1.29, 1.82) is 0 Å². The van der Waals surface area contributed by atoms with Crippen LogP contribution in [0.5, 0.6) is 0 Å². The van der Waals surface area contributed by atoms with E-state index in [1.165, 1.54) is 0 Å². The van der Waals surface area contributed by atoms with Gasteiger partial charge in [0.25, 0.3) is 0 Å². The molecule has 0 unspecified atom stereocenters. The Kier molecular flexibility index (Phi) is 4.25. The molecule has 1 aromatic carbocycles. The van der Waals surface area contributed by atoms with Crippen LogP contribution in [0.15, 0.2) is 28.7 Å². The van der Waals surface area contributed by atoms with Gasteiger partial charge in [0.05, 0.1) is 5.56 Å². The fraction of sp³-hybridized carbons (Fsp3) is 0.231. The molecule has 0 saturated carbocycles. The summed E-state index contributed by atoms with van der Waals surface area (Å²) in [6.45, 7) is 4.00. The van der Waals surface area contributed by atoms with Crippen LogP contribution in [0.1, 0.15) is 25.6 Å². The Morgan fingerprint density at radius 1 is 1.11 bits per heavy atom. The van der Waals surface area contributed by atoms with Gasteiger partial charge >= 0.3 is 0 Å². The zero-order valence-corrected chi connectivity index (χ0v) is 13.0. The van der Waals surface area contributed by atoms with Crippen LogP contribution in [-0.4, -0.2) is 9.97 Å². The molecule has 18 heavy (non-hydrogen) atoms. The van der Waals surface area contributed by atoms with Crippen molar-refractivity contribution in [3.05, 3.63) is 44.9 Å². The second-order valence-corrected chi connectivity index (χ2v) is 5.84. The number of halogens is 3. The van der Waals surface area contributed by atoms with Gasteiger partial charge in [-0.05, 0) is 17.7 Å². The molecule has 0 radical (unpaired) electrons. The monoisotopic (exact) mass is 344 g/mol. The van der Waals surface area contributed by atoms with Crippen molar-refractivity contribution in [2.45, 2.75) is 19.8 Å². The molecule has 1 heterocycles. The zero-order valence-electron chi connectivity index (χ0n) is 9.92. The second-order valence-electron chi connectivity index (χ2n) is 4.20. The Balaban J connectivity index is 2.59. The molecule has 1 aromatic heterocycles. The van der Waals surface area contributed by atoms with E-state index < -0.39 is 0 Å². The summed E-state index contributed by atoms with van der Waals surface area (Å²) in [5.41, 5.74) is 1.57. The van der Waals surface area contributed by atoms with E-state index in [0.29, 0.717) is 21.7 Å². The molecule has 0 aliphatic heterocycles. The summed E-state index contributed by atoms with van der Waals surface area (Å²) in [5, 5.41) is 0.772. The van der Waals surface area contributed by atoms with E-state index in [0.717, 1.165) is 10.0 Å². The van der Waals surface area contributed by atoms with E-state index in [9.17, 15) is 0 Å². The molecule has 2 aromatic rings. The quantitative estimate of drug-likeness (QED) is 0.687. The maximum absolute atomic E-state index is 6.21. The van der Waals surface area contributed by atoms with E-state index in [2.05, 4.69) is 25.9 Å². The highest BCUT2D eigenvalue weighted by Gasteiger charge is 2.15. The number of rotatable bonds is 2. The third-order valence-corrected chi connectivity index (χ3v) is 3.51. The van der Waals surface area contributed by atoms with Crippen molar-refractivity contribution >= 4 is 39.1 Å². The average Bonchev–Trinajstić information content (AvgIpc) is 2.27. The van der Waals surface area contributed by atoms with Crippen LogP contribution in [0.3, 0.4) is 0 Å². The van der Waals surface area contributed by atoms with Crippen LogP contribution in [0.25, 0.3) is 11.1 Å². The molecule has 94 valence electrons. The second kappa shape index (κ2) is 5.55. The Morgan fingerprint density at radius 3 is 2.22 bits per heavy atom. The van der Waals surface area contributed by atoms with Gasteiger partial charge < -0.3 is 0 Å². The molecular formula is C13H11BrCl2N2. The van der Waals surface area contributed by atoms with Crippen LogP contribution < -0.4 is 0 Å². The van der Waals surface area contributed by atoms with Crippen LogP contribution >= 0.6 is 39.1 Å². The van der Waals surface area contributed by atoms with Crippen LogP contribution in [0, 0.1) is 0 Å². The summed E-state index contributed by atoms with van der Waals surface area (Å²) in [7, 11) is 0. The first kappa shape index (κ1) is 13.8. The van der Waals surface area contributed by atoms with Crippen molar-refractivity contribution < 1.29 is 0 Å². The largest absolute Gasteiger partial charge is 0.220 e. The molecule has 0 fully saturated rings. The van der Waals surface area contributed by atoms with Gasteiger partial charge in [0.15, 0.2) is 0 Å². The van der Waals surface area contributed by atoms with Gasteiger partial charge in [-0.3, -0.25) is 0 Å².